The summed E-state index contributed by atoms with van der Waals surface area (Å²) >= 11 is 3.99. The van der Waals surface area contributed by atoms with Crippen molar-refractivity contribution >= 4 is 36.3 Å². The molecule has 3 amide bonds. The zero-order valence-electron chi connectivity index (χ0n) is 16.1. The van der Waals surface area contributed by atoms with E-state index in [1.54, 1.807) is 0 Å². The van der Waals surface area contributed by atoms with Crippen LogP contribution in [0.25, 0.3) is 0 Å². The second-order valence-electron chi connectivity index (χ2n) is 6.44. The highest BCUT2D eigenvalue weighted by molar-refractivity contribution is 7.80. The van der Waals surface area contributed by atoms with Gasteiger partial charge in [-0.05, 0) is 6.92 Å². The molecule has 1 aromatic heterocycles. The maximum absolute atomic E-state index is 12.6. The molecular weight excluding hydrogens is 420 g/mol. The van der Waals surface area contributed by atoms with E-state index in [2.05, 4.69) is 38.5 Å². The number of imidazole rings is 1. The first kappa shape index (κ1) is 25.4. The van der Waals surface area contributed by atoms with Crippen LogP contribution in [0, 0.1) is 0 Å². The van der Waals surface area contributed by atoms with Gasteiger partial charge in [-0.1, -0.05) is 0 Å². The summed E-state index contributed by atoms with van der Waals surface area (Å²) < 4.78 is 0. The fraction of sp³-hybridized carbons (Fsp3) is 0.562. The van der Waals surface area contributed by atoms with Crippen molar-refractivity contribution < 1.29 is 34.5 Å². The predicted octanol–water partition coefficient (Wildman–Crippen LogP) is -3.88. The summed E-state index contributed by atoms with van der Waals surface area (Å²) in [6.45, 7) is 0.561. The number of carboxylic acid groups (broad SMARTS) is 1. The molecule has 0 saturated carbocycles. The van der Waals surface area contributed by atoms with E-state index in [1.165, 1.54) is 19.4 Å². The van der Waals surface area contributed by atoms with E-state index in [-0.39, 0.29) is 12.2 Å². The summed E-state index contributed by atoms with van der Waals surface area (Å²) in [5, 5.41) is 34.5. The molecule has 0 fully saturated rings. The number of carbonyl (C=O) groups excluding carboxylic acids is 3. The number of nitrogens with zero attached hydrogens (tertiary/aromatic N) is 1. The Kier molecular flexibility index (Phi) is 10.2. The highest BCUT2D eigenvalue weighted by Gasteiger charge is 2.31. The zero-order valence-corrected chi connectivity index (χ0v) is 17.0. The van der Waals surface area contributed by atoms with E-state index in [0.717, 1.165) is 0 Å². The quantitative estimate of drug-likeness (QED) is 0.143. The lowest BCUT2D eigenvalue weighted by Crippen LogP contribution is -2.59. The molecule has 1 rings (SSSR count). The van der Waals surface area contributed by atoms with Crippen LogP contribution in [0.1, 0.15) is 12.6 Å². The van der Waals surface area contributed by atoms with Crippen molar-refractivity contribution in [3.8, 4) is 0 Å². The van der Waals surface area contributed by atoms with Crippen molar-refractivity contribution in [1.82, 2.24) is 25.9 Å². The summed E-state index contributed by atoms with van der Waals surface area (Å²) in [6, 6.07) is -5.28. The number of aliphatic carboxylic acids is 1. The fourth-order valence-electron chi connectivity index (χ4n) is 2.30. The fourth-order valence-corrected chi connectivity index (χ4v) is 2.55. The molecule has 13 nitrogen and oxygen atoms in total. The molecule has 0 aliphatic carbocycles. The Hall–Kier alpha value is -2.68. The van der Waals surface area contributed by atoms with E-state index in [1.807, 2.05) is 0 Å². The highest BCUT2D eigenvalue weighted by atomic mass is 32.1. The lowest BCUT2D eigenvalue weighted by molar-refractivity contribution is -0.145. The third-order valence-corrected chi connectivity index (χ3v) is 4.37. The molecule has 1 heterocycles. The monoisotopic (exact) mass is 446 g/mol. The Morgan fingerprint density at radius 2 is 1.77 bits per heavy atom. The minimum absolute atomic E-state index is 0.0763. The normalized spacial score (nSPS) is 15.9. The number of rotatable bonds is 12. The van der Waals surface area contributed by atoms with Crippen LogP contribution in [-0.2, 0) is 25.6 Å². The lowest BCUT2D eigenvalue weighted by atomic mass is 10.1. The maximum Gasteiger partial charge on any atom is 0.328 e. The van der Waals surface area contributed by atoms with E-state index >= 15 is 0 Å². The number of nitrogens with two attached hydrogens (primary N) is 1. The third-order valence-electron chi connectivity index (χ3n) is 4.01. The van der Waals surface area contributed by atoms with Crippen LogP contribution in [0.4, 0.5) is 0 Å². The smallest absolute Gasteiger partial charge is 0.328 e. The standard InChI is InChI=1S/C16H26N6O7S/c1-7(24)12(16(28)29)22-14(26)10(2-8-3-18-6-19-8)20-15(27)11(5-30)21-13(25)9(17)4-23/h3,6-7,9-12,23-24,30H,2,4-5,17H2,1H3,(H,18,19)(H,20,27)(H,21,25)(H,22,26)(H,28,29). The van der Waals surface area contributed by atoms with Crippen molar-refractivity contribution in [2.45, 2.75) is 43.6 Å². The van der Waals surface area contributed by atoms with Crippen LogP contribution < -0.4 is 21.7 Å². The van der Waals surface area contributed by atoms with Gasteiger partial charge in [-0.3, -0.25) is 14.4 Å². The van der Waals surface area contributed by atoms with E-state index in [0.29, 0.717) is 5.69 Å². The summed E-state index contributed by atoms with van der Waals surface area (Å²) in [5.74, 6) is -4.04. The van der Waals surface area contributed by atoms with Gasteiger partial charge in [0.05, 0.1) is 19.0 Å². The number of amides is 3. The van der Waals surface area contributed by atoms with Gasteiger partial charge in [0.25, 0.3) is 0 Å². The average molecular weight is 446 g/mol. The Morgan fingerprint density at radius 3 is 2.23 bits per heavy atom. The van der Waals surface area contributed by atoms with Crippen LogP contribution in [0.2, 0.25) is 0 Å². The van der Waals surface area contributed by atoms with E-state index in [9.17, 15) is 24.3 Å². The molecule has 0 aliphatic heterocycles. The molecule has 0 radical (unpaired) electrons. The molecule has 1 aromatic rings. The van der Waals surface area contributed by atoms with Crippen molar-refractivity contribution in [1.29, 1.82) is 0 Å². The second kappa shape index (κ2) is 12.1. The number of aliphatic hydroxyl groups excluding tert-OH is 2. The van der Waals surface area contributed by atoms with Crippen molar-refractivity contribution in [2.75, 3.05) is 12.4 Å². The van der Waals surface area contributed by atoms with Crippen LogP contribution in [-0.4, -0.2) is 91.6 Å². The number of aliphatic hydroxyl groups is 2. The molecule has 0 spiro atoms. The summed E-state index contributed by atoms with van der Waals surface area (Å²) in [6.07, 6.45) is 1.30. The van der Waals surface area contributed by atoms with Crippen LogP contribution in [0.3, 0.4) is 0 Å². The van der Waals surface area contributed by atoms with Crippen LogP contribution in [0.15, 0.2) is 12.5 Å². The summed E-state index contributed by atoms with van der Waals surface area (Å²) in [7, 11) is 0. The van der Waals surface area contributed by atoms with Gasteiger partial charge in [-0.2, -0.15) is 12.6 Å². The predicted molar refractivity (Wildman–Crippen MR) is 106 cm³/mol. The largest absolute Gasteiger partial charge is 0.480 e. The molecule has 0 saturated heterocycles. The maximum atomic E-state index is 12.6. The first-order chi connectivity index (χ1) is 14.1. The summed E-state index contributed by atoms with van der Waals surface area (Å²) in [4.78, 5) is 54.8. The zero-order chi connectivity index (χ0) is 22.8. The van der Waals surface area contributed by atoms with Gasteiger partial charge in [0.2, 0.25) is 17.7 Å². The molecule has 5 unspecified atom stereocenters. The first-order valence-electron chi connectivity index (χ1n) is 8.87. The number of aromatic nitrogens is 2. The van der Waals surface area contributed by atoms with Gasteiger partial charge >= 0.3 is 5.97 Å². The van der Waals surface area contributed by atoms with Gasteiger partial charge in [0, 0.05) is 24.1 Å². The Morgan fingerprint density at radius 1 is 1.17 bits per heavy atom. The molecule has 0 aliphatic rings. The molecule has 5 atom stereocenters. The molecule has 0 bridgehead atoms. The third kappa shape index (κ3) is 7.62. The lowest BCUT2D eigenvalue weighted by Gasteiger charge is -2.25. The molecule has 168 valence electrons. The average Bonchev–Trinajstić information content (AvgIpc) is 3.20. The van der Waals surface area contributed by atoms with Gasteiger partial charge in [-0.15, -0.1) is 0 Å². The number of carboxylic acids is 1. The second-order valence-corrected chi connectivity index (χ2v) is 6.81. The van der Waals surface area contributed by atoms with E-state index < -0.39 is 60.6 Å². The minimum Gasteiger partial charge on any atom is -0.480 e. The number of carbonyl (C=O) groups is 4. The Balaban J connectivity index is 2.96. The van der Waals surface area contributed by atoms with Gasteiger partial charge < -0.3 is 42.0 Å². The van der Waals surface area contributed by atoms with Crippen LogP contribution in [0.5, 0.6) is 0 Å². The van der Waals surface area contributed by atoms with Crippen molar-refractivity contribution in [3.05, 3.63) is 18.2 Å². The van der Waals surface area contributed by atoms with Gasteiger partial charge in [0.15, 0.2) is 6.04 Å². The van der Waals surface area contributed by atoms with E-state index in [4.69, 9.17) is 15.9 Å². The minimum atomic E-state index is -1.60. The SMILES string of the molecule is CC(O)C(NC(=O)C(Cc1cnc[nH]1)NC(=O)C(CS)NC(=O)C(N)CO)C(=O)O. The molecule has 30 heavy (non-hydrogen) atoms. The molecule has 9 N–H and O–H groups in total. The number of nitrogens with one attached hydrogen (secondary N) is 4. The Labute approximate surface area is 177 Å². The molecular formula is C16H26N6O7S. The molecule has 0 aromatic carbocycles. The Bertz CT molecular complexity index is 730. The number of aromatic amines is 1. The van der Waals surface area contributed by atoms with Gasteiger partial charge in [0.1, 0.15) is 18.1 Å². The van der Waals surface area contributed by atoms with Crippen molar-refractivity contribution in [3.63, 3.8) is 0 Å². The van der Waals surface area contributed by atoms with Gasteiger partial charge in [-0.25, -0.2) is 9.78 Å². The highest BCUT2D eigenvalue weighted by Crippen LogP contribution is 2.03. The van der Waals surface area contributed by atoms with Crippen molar-refractivity contribution in [2.24, 2.45) is 5.73 Å². The van der Waals surface area contributed by atoms with Crippen LogP contribution >= 0.6 is 12.6 Å². The summed E-state index contributed by atoms with van der Waals surface area (Å²) in [5.41, 5.74) is 5.86. The number of hydrogen-bond donors (Lipinski definition) is 9. The number of hydrogen-bond acceptors (Lipinski definition) is 9. The molecule has 14 heteroatoms. The topological polar surface area (TPSA) is 220 Å². The first-order valence-corrected chi connectivity index (χ1v) is 9.50. The number of H-pyrrole nitrogens is 1. The number of thiol groups is 1.